The SMILES string of the molecule is Cc1noc(C)c1S(=O)(=O)NNc1ccc(S(=O)(=O)N2CCCC2)cn1. The van der Waals surface area contributed by atoms with Crippen LogP contribution in [0.15, 0.2) is 32.6 Å². The Bertz CT molecular complexity index is 973. The highest BCUT2D eigenvalue weighted by Gasteiger charge is 2.27. The number of sulfonamides is 2. The zero-order chi connectivity index (χ0) is 18.9. The maximum absolute atomic E-state index is 12.4. The average Bonchev–Trinajstić information content (AvgIpc) is 3.24. The lowest BCUT2D eigenvalue weighted by molar-refractivity contribution is 0.390. The van der Waals surface area contributed by atoms with Gasteiger partial charge in [-0.15, -0.1) is 4.83 Å². The zero-order valence-corrected chi connectivity index (χ0v) is 15.9. The van der Waals surface area contributed by atoms with E-state index in [0.29, 0.717) is 13.1 Å². The first-order chi connectivity index (χ1) is 12.2. The first-order valence-electron chi connectivity index (χ1n) is 7.89. The number of nitrogens with zero attached hydrogens (tertiary/aromatic N) is 3. The Kier molecular flexibility index (Phi) is 5.01. The van der Waals surface area contributed by atoms with E-state index in [2.05, 4.69) is 20.4 Å². The maximum Gasteiger partial charge on any atom is 0.262 e. The van der Waals surface area contributed by atoms with Crippen LogP contribution in [0, 0.1) is 13.8 Å². The molecule has 3 heterocycles. The van der Waals surface area contributed by atoms with Gasteiger partial charge in [-0.3, -0.25) is 5.43 Å². The predicted octanol–water partition coefficient (Wildman–Crippen LogP) is 0.776. The number of aryl methyl sites for hydroxylation is 2. The van der Waals surface area contributed by atoms with Crippen LogP contribution in [0.1, 0.15) is 24.3 Å². The van der Waals surface area contributed by atoms with Crippen molar-refractivity contribution >= 4 is 25.9 Å². The molecule has 2 N–H and O–H groups in total. The van der Waals surface area contributed by atoms with Crippen LogP contribution >= 0.6 is 0 Å². The highest BCUT2D eigenvalue weighted by atomic mass is 32.2. The smallest absolute Gasteiger partial charge is 0.262 e. The predicted molar refractivity (Wildman–Crippen MR) is 92.2 cm³/mol. The molecule has 1 fully saturated rings. The Morgan fingerprint density at radius 1 is 1.12 bits per heavy atom. The maximum atomic E-state index is 12.4. The Balaban J connectivity index is 1.72. The summed E-state index contributed by atoms with van der Waals surface area (Å²) in [5, 5.41) is 3.60. The van der Waals surface area contributed by atoms with Gasteiger partial charge in [0.25, 0.3) is 10.0 Å². The van der Waals surface area contributed by atoms with Crippen LogP contribution in [0.25, 0.3) is 0 Å². The summed E-state index contributed by atoms with van der Waals surface area (Å²) in [4.78, 5) is 6.15. The molecule has 2 aromatic heterocycles. The van der Waals surface area contributed by atoms with Crippen molar-refractivity contribution in [1.82, 2.24) is 19.3 Å². The van der Waals surface area contributed by atoms with Gasteiger partial charge in [0.15, 0.2) is 5.76 Å². The molecule has 0 aliphatic carbocycles. The van der Waals surface area contributed by atoms with Crippen molar-refractivity contribution in [2.45, 2.75) is 36.5 Å². The molecule has 0 unspecified atom stereocenters. The van der Waals surface area contributed by atoms with Crippen molar-refractivity contribution in [3.8, 4) is 0 Å². The highest BCUT2D eigenvalue weighted by molar-refractivity contribution is 7.89. The summed E-state index contributed by atoms with van der Waals surface area (Å²) in [5.41, 5.74) is 2.68. The Morgan fingerprint density at radius 3 is 2.35 bits per heavy atom. The second-order valence-corrected chi connectivity index (χ2v) is 9.43. The molecule has 0 aromatic carbocycles. The summed E-state index contributed by atoms with van der Waals surface area (Å²) in [6.07, 6.45) is 2.88. The van der Waals surface area contributed by atoms with Crippen molar-refractivity contribution in [2.24, 2.45) is 0 Å². The van der Waals surface area contributed by atoms with Crippen LogP contribution in [0.5, 0.6) is 0 Å². The lowest BCUT2D eigenvalue weighted by atomic mass is 10.4. The van der Waals surface area contributed by atoms with Gasteiger partial charge in [0.2, 0.25) is 10.0 Å². The monoisotopic (exact) mass is 401 g/mol. The molecule has 0 spiro atoms. The third kappa shape index (κ3) is 3.58. The summed E-state index contributed by atoms with van der Waals surface area (Å²) in [6.45, 7) is 4.01. The van der Waals surface area contributed by atoms with E-state index in [0.717, 1.165) is 12.8 Å². The fraction of sp³-hybridized carbons (Fsp3) is 0.429. The van der Waals surface area contributed by atoms with Gasteiger partial charge in [-0.25, -0.2) is 21.8 Å². The number of anilines is 1. The Morgan fingerprint density at radius 2 is 1.81 bits per heavy atom. The molecule has 0 bridgehead atoms. The standard InChI is InChI=1S/C14H19N5O5S2/c1-10-14(11(2)24-17-10)25(20,21)18-16-13-6-5-12(9-15-13)26(22,23)19-7-3-4-8-19/h5-6,9,18H,3-4,7-8H2,1-2H3,(H,15,16). The molecular weight excluding hydrogens is 382 g/mol. The average molecular weight is 401 g/mol. The van der Waals surface area contributed by atoms with Gasteiger partial charge in [-0.1, -0.05) is 5.16 Å². The van der Waals surface area contributed by atoms with Gasteiger partial charge in [0, 0.05) is 19.3 Å². The molecule has 142 valence electrons. The topological polar surface area (TPSA) is 134 Å². The fourth-order valence-corrected chi connectivity index (χ4v) is 5.36. The first-order valence-corrected chi connectivity index (χ1v) is 10.8. The summed E-state index contributed by atoms with van der Waals surface area (Å²) in [6, 6.07) is 2.77. The van der Waals surface area contributed by atoms with Gasteiger partial charge >= 0.3 is 0 Å². The van der Waals surface area contributed by atoms with E-state index in [-0.39, 0.29) is 27.1 Å². The molecule has 1 saturated heterocycles. The third-order valence-corrected chi connectivity index (χ3v) is 7.36. The minimum absolute atomic E-state index is 0.0572. The number of hydrogen-bond donors (Lipinski definition) is 2. The lowest BCUT2D eigenvalue weighted by Gasteiger charge is -2.15. The largest absolute Gasteiger partial charge is 0.360 e. The van der Waals surface area contributed by atoms with Crippen LogP contribution < -0.4 is 10.3 Å². The number of hydrazine groups is 1. The lowest BCUT2D eigenvalue weighted by Crippen LogP contribution is -2.31. The van der Waals surface area contributed by atoms with E-state index < -0.39 is 20.0 Å². The van der Waals surface area contributed by atoms with Gasteiger partial charge in [-0.05, 0) is 38.8 Å². The highest BCUT2D eigenvalue weighted by Crippen LogP contribution is 2.21. The molecule has 0 saturated carbocycles. The summed E-state index contributed by atoms with van der Waals surface area (Å²) in [5.74, 6) is 0.317. The van der Waals surface area contributed by atoms with Gasteiger partial charge in [0.05, 0.1) is 0 Å². The van der Waals surface area contributed by atoms with E-state index in [9.17, 15) is 16.8 Å². The van der Waals surface area contributed by atoms with Gasteiger partial charge < -0.3 is 4.52 Å². The number of rotatable bonds is 6. The second kappa shape index (κ2) is 6.95. The molecular formula is C14H19N5O5S2. The second-order valence-electron chi connectivity index (χ2n) is 5.87. The molecule has 1 aliphatic heterocycles. The van der Waals surface area contributed by atoms with E-state index in [1.807, 2.05) is 0 Å². The van der Waals surface area contributed by atoms with E-state index in [1.54, 1.807) is 0 Å². The number of nitrogens with one attached hydrogen (secondary N) is 2. The minimum Gasteiger partial charge on any atom is -0.360 e. The van der Waals surface area contributed by atoms with E-state index in [1.165, 1.54) is 36.5 Å². The number of aromatic nitrogens is 2. The van der Waals surface area contributed by atoms with Crippen LogP contribution in [0.3, 0.4) is 0 Å². The van der Waals surface area contributed by atoms with Crippen molar-refractivity contribution in [3.05, 3.63) is 29.8 Å². The molecule has 0 radical (unpaired) electrons. The summed E-state index contributed by atoms with van der Waals surface area (Å²) in [7, 11) is -7.47. The van der Waals surface area contributed by atoms with Crippen molar-refractivity contribution in [3.63, 3.8) is 0 Å². The van der Waals surface area contributed by atoms with Gasteiger partial charge in [0.1, 0.15) is 21.3 Å². The quantitative estimate of drug-likeness (QED) is 0.678. The first kappa shape index (κ1) is 18.8. The Hall–Kier alpha value is -2.02. The van der Waals surface area contributed by atoms with Crippen molar-refractivity contribution in [1.29, 1.82) is 0 Å². The van der Waals surface area contributed by atoms with Crippen molar-refractivity contribution in [2.75, 3.05) is 18.5 Å². The summed E-state index contributed by atoms with van der Waals surface area (Å²) < 4.78 is 55.7. The molecule has 2 aromatic rings. The van der Waals surface area contributed by atoms with E-state index in [4.69, 9.17) is 4.52 Å². The summed E-state index contributed by atoms with van der Waals surface area (Å²) >= 11 is 0. The zero-order valence-electron chi connectivity index (χ0n) is 14.3. The number of pyridine rings is 1. The molecule has 0 amide bonds. The van der Waals surface area contributed by atoms with E-state index >= 15 is 0 Å². The van der Waals surface area contributed by atoms with Crippen LogP contribution in [-0.4, -0.2) is 44.4 Å². The molecule has 0 atom stereocenters. The van der Waals surface area contributed by atoms with Gasteiger partial charge in [-0.2, -0.15) is 4.31 Å². The minimum atomic E-state index is -3.91. The van der Waals surface area contributed by atoms with Crippen LogP contribution in [0.4, 0.5) is 5.82 Å². The normalized spacial score (nSPS) is 16.1. The van der Waals surface area contributed by atoms with Crippen LogP contribution in [-0.2, 0) is 20.0 Å². The Labute approximate surface area is 151 Å². The van der Waals surface area contributed by atoms with Crippen LogP contribution in [0.2, 0.25) is 0 Å². The molecule has 26 heavy (non-hydrogen) atoms. The number of hydrogen-bond acceptors (Lipinski definition) is 8. The molecule has 1 aliphatic rings. The molecule has 3 rings (SSSR count). The fourth-order valence-electron chi connectivity index (χ4n) is 2.71. The third-order valence-electron chi connectivity index (χ3n) is 3.99. The molecule has 10 nitrogen and oxygen atoms in total. The molecule has 12 heteroatoms. The van der Waals surface area contributed by atoms with Crippen molar-refractivity contribution < 1.29 is 21.4 Å².